The van der Waals surface area contributed by atoms with E-state index in [1.807, 2.05) is 27.7 Å². The van der Waals surface area contributed by atoms with E-state index >= 15 is 0 Å². The molecular formula is C21H25F3N2O. The first-order chi connectivity index (χ1) is 12.5. The van der Waals surface area contributed by atoms with E-state index in [0.29, 0.717) is 12.0 Å². The van der Waals surface area contributed by atoms with Gasteiger partial charge in [-0.15, -0.1) is 6.42 Å². The molecule has 0 radical (unpaired) electrons. The van der Waals surface area contributed by atoms with Crippen LogP contribution in [0.25, 0.3) is 0 Å². The summed E-state index contributed by atoms with van der Waals surface area (Å²) in [5, 5.41) is 0. The molecule has 0 fully saturated rings. The molecule has 1 rings (SSSR count). The second-order valence-electron chi connectivity index (χ2n) is 7.00. The number of rotatable bonds is 6. The maximum Gasteiger partial charge on any atom is 0.416 e. The van der Waals surface area contributed by atoms with Gasteiger partial charge in [0.05, 0.1) is 12.0 Å². The average Bonchev–Trinajstić information content (AvgIpc) is 2.55. The highest BCUT2D eigenvalue weighted by Gasteiger charge is 2.32. The summed E-state index contributed by atoms with van der Waals surface area (Å²) >= 11 is 0. The van der Waals surface area contributed by atoms with Gasteiger partial charge in [-0.05, 0) is 62.6 Å². The van der Waals surface area contributed by atoms with E-state index in [4.69, 9.17) is 6.42 Å². The second-order valence-corrected chi connectivity index (χ2v) is 7.00. The summed E-state index contributed by atoms with van der Waals surface area (Å²) in [5.74, 6) is 2.04. The van der Waals surface area contributed by atoms with Crippen LogP contribution < -0.4 is 0 Å². The van der Waals surface area contributed by atoms with Crippen molar-refractivity contribution in [1.82, 2.24) is 4.90 Å². The molecule has 0 unspecified atom stereocenters. The summed E-state index contributed by atoms with van der Waals surface area (Å²) in [4.78, 5) is 18.5. The molecular weight excluding hydrogens is 353 g/mol. The smallest absolute Gasteiger partial charge is 0.318 e. The Kier molecular flexibility index (Phi) is 7.83. The van der Waals surface area contributed by atoms with Gasteiger partial charge < -0.3 is 4.90 Å². The van der Waals surface area contributed by atoms with Crippen LogP contribution in [0.3, 0.4) is 0 Å². The topological polar surface area (TPSA) is 32.7 Å². The number of aliphatic imine (C=N–C) groups is 1. The van der Waals surface area contributed by atoms with Gasteiger partial charge in [-0.1, -0.05) is 18.9 Å². The number of halogens is 3. The van der Waals surface area contributed by atoms with Gasteiger partial charge in [0.15, 0.2) is 0 Å². The zero-order valence-electron chi connectivity index (χ0n) is 16.1. The number of nitrogens with zero attached hydrogens (tertiary/aromatic N) is 2. The van der Waals surface area contributed by atoms with E-state index < -0.39 is 17.3 Å². The molecule has 146 valence electrons. The van der Waals surface area contributed by atoms with Crippen LogP contribution in [0.5, 0.6) is 0 Å². The van der Waals surface area contributed by atoms with E-state index in [1.54, 1.807) is 6.08 Å². The number of alkyl halides is 3. The highest BCUT2D eigenvalue weighted by Crippen LogP contribution is 2.31. The molecule has 0 heterocycles. The quantitative estimate of drug-likeness (QED) is 0.524. The van der Waals surface area contributed by atoms with Crippen molar-refractivity contribution in [3.05, 3.63) is 47.0 Å². The Morgan fingerprint density at radius 2 is 1.93 bits per heavy atom. The number of hydrogen-bond donors (Lipinski definition) is 0. The largest absolute Gasteiger partial charge is 0.416 e. The Labute approximate surface area is 159 Å². The minimum atomic E-state index is -4.44. The van der Waals surface area contributed by atoms with Crippen LogP contribution in [0, 0.1) is 12.3 Å². The van der Waals surface area contributed by atoms with Crippen molar-refractivity contribution < 1.29 is 18.0 Å². The molecule has 0 atom stereocenters. The van der Waals surface area contributed by atoms with Gasteiger partial charge in [0.2, 0.25) is 5.91 Å². The number of allylic oxidation sites excluding steroid dienone is 2. The maximum absolute atomic E-state index is 13.0. The molecule has 0 aromatic heterocycles. The molecule has 0 aliphatic carbocycles. The van der Waals surface area contributed by atoms with Gasteiger partial charge in [-0.25, -0.2) is 0 Å². The lowest BCUT2D eigenvalue weighted by molar-refractivity contribution is -0.138. The summed E-state index contributed by atoms with van der Waals surface area (Å²) < 4.78 is 39.1. The third-order valence-electron chi connectivity index (χ3n) is 3.97. The molecule has 0 N–H and O–H groups in total. The molecule has 1 aromatic rings. The van der Waals surface area contributed by atoms with Crippen LogP contribution in [0.2, 0.25) is 0 Å². The monoisotopic (exact) mass is 378 g/mol. The van der Waals surface area contributed by atoms with Crippen molar-refractivity contribution in [1.29, 1.82) is 0 Å². The molecule has 1 aromatic carbocycles. The first kappa shape index (κ1) is 22.5. The van der Waals surface area contributed by atoms with Crippen molar-refractivity contribution in [2.24, 2.45) is 4.99 Å². The van der Waals surface area contributed by atoms with Gasteiger partial charge in [0, 0.05) is 11.8 Å². The number of carbonyl (C=O) groups excluding carboxylic acids is 1. The van der Waals surface area contributed by atoms with Crippen molar-refractivity contribution in [3.63, 3.8) is 0 Å². The van der Waals surface area contributed by atoms with Crippen LogP contribution in [0.1, 0.15) is 44.4 Å². The zero-order chi connectivity index (χ0) is 20.7. The molecule has 0 saturated heterocycles. The van der Waals surface area contributed by atoms with E-state index in [-0.39, 0.29) is 19.0 Å². The average molecular weight is 378 g/mol. The van der Waals surface area contributed by atoms with Crippen LogP contribution in [-0.2, 0) is 23.8 Å². The summed E-state index contributed by atoms with van der Waals surface area (Å²) in [6, 6.07) is 3.56. The highest BCUT2D eigenvalue weighted by molar-refractivity contribution is 5.80. The fraction of sp³-hybridized carbons (Fsp3) is 0.429. The number of hydrogen-bond acceptors (Lipinski definition) is 2. The first-order valence-electron chi connectivity index (χ1n) is 8.61. The van der Waals surface area contributed by atoms with Crippen molar-refractivity contribution in [2.75, 3.05) is 6.67 Å². The van der Waals surface area contributed by atoms with Gasteiger partial charge in [0.1, 0.15) is 6.67 Å². The standard InChI is InChI=1S/C21H25F3N2O/c1-6-8-9-12-25-15-26(20(3,4)5)19(27)14-17-13-18(21(22,23)24)11-10-16(17)7-2/h1,8-13H,7,14-15H2,2-5H3/b9-8-,25-12-. The second kappa shape index (κ2) is 9.40. The van der Waals surface area contributed by atoms with E-state index in [2.05, 4.69) is 10.9 Å². The third kappa shape index (κ3) is 6.93. The molecule has 27 heavy (non-hydrogen) atoms. The third-order valence-corrected chi connectivity index (χ3v) is 3.97. The molecule has 0 aliphatic rings. The minimum absolute atomic E-state index is 0.0949. The minimum Gasteiger partial charge on any atom is -0.318 e. The van der Waals surface area contributed by atoms with Crippen molar-refractivity contribution in [2.45, 2.75) is 52.3 Å². The van der Waals surface area contributed by atoms with Gasteiger partial charge >= 0.3 is 6.18 Å². The summed E-state index contributed by atoms with van der Waals surface area (Å²) in [6.07, 6.45) is 5.64. The van der Waals surface area contributed by atoms with E-state index in [9.17, 15) is 18.0 Å². The Hall–Kier alpha value is -2.55. The molecule has 0 bridgehead atoms. The Balaban J connectivity index is 3.09. The van der Waals surface area contributed by atoms with E-state index in [0.717, 1.165) is 17.7 Å². The van der Waals surface area contributed by atoms with Gasteiger partial charge in [-0.3, -0.25) is 9.79 Å². The predicted octanol–water partition coefficient (Wildman–Crippen LogP) is 4.66. The van der Waals surface area contributed by atoms with Crippen molar-refractivity contribution in [3.8, 4) is 12.3 Å². The molecule has 3 nitrogen and oxygen atoms in total. The van der Waals surface area contributed by atoms with Crippen LogP contribution >= 0.6 is 0 Å². The zero-order valence-corrected chi connectivity index (χ0v) is 16.1. The van der Waals surface area contributed by atoms with Crippen LogP contribution in [0.15, 0.2) is 35.3 Å². The SMILES string of the molecule is C#C/C=C\C=N/CN(C(=O)Cc1cc(C(F)(F)F)ccc1CC)C(C)(C)C. The number of terminal acetylenes is 1. The Morgan fingerprint density at radius 3 is 2.44 bits per heavy atom. The fourth-order valence-corrected chi connectivity index (χ4v) is 2.52. The lowest BCUT2D eigenvalue weighted by Gasteiger charge is -2.34. The molecule has 0 spiro atoms. The normalized spacial score (nSPS) is 12.5. The predicted molar refractivity (Wildman–Crippen MR) is 102 cm³/mol. The molecule has 6 heteroatoms. The molecule has 0 aliphatic heterocycles. The van der Waals surface area contributed by atoms with Crippen molar-refractivity contribution >= 4 is 12.1 Å². The summed E-state index contributed by atoms with van der Waals surface area (Å²) in [6.45, 7) is 7.50. The summed E-state index contributed by atoms with van der Waals surface area (Å²) in [5.41, 5.74) is -0.158. The molecule has 1 amide bonds. The number of carbonyl (C=O) groups is 1. The Bertz CT molecular complexity index is 750. The molecule has 0 saturated carbocycles. The van der Waals surface area contributed by atoms with E-state index in [1.165, 1.54) is 23.3 Å². The number of aryl methyl sites for hydroxylation is 1. The van der Waals surface area contributed by atoms with Crippen LogP contribution in [-0.4, -0.2) is 29.2 Å². The number of amides is 1. The lowest BCUT2D eigenvalue weighted by atomic mass is 9.97. The lowest BCUT2D eigenvalue weighted by Crippen LogP contribution is -2.46. The summed E-state index contributed by atoms with van der Waals surface area (Å²) in [7, 11) is 0. The number of benzene rings is 1. The highest BCUT2D eigenvalue weighted by atomic mass is 19.4. The fourth-order valence-electron chi connectivity index (χ4n) is 2.52. The van der Waals surface area contributed by atoms with Gasteiger partial charge in [0.25, 0.3) is 0 Å². The van der Waals surface area contributed by atoms with Crippen LogP contribution in [0.4, 0.5) is 13.2 Å². The Morgan fingerprint density at radius 1 is 1.26 bits per heavy atom. The van der Waals surface area contributed by atoms with Gasteiger partial charge in [-0.2, -0.15) is 13.2 Å². The first-order valence-corrected chi connectivity index (χ1v) is 8.61. The maximum atomic E-state index is 13.0.